The Labute approximate surface area is 129 Å². The molecule has 0 saturated heterocycles. The lowest BCUT2D eigenvalue weighted by atomic mass is 10.1. The molecule has 0 fully saturated rings. The molecule has 24 heavy (non-hydrogen) atoms. The molecule has 0 aliphatic heterocycles. The minimum absolute atomic E-state index is 0.387. The van der Waals surface area contributed by atoms with Crippen LogP contribution in [0.25, 0.3) is 0 Å². The minimum Gasteiger partial charge on any atom is -0.466 e. The van der Waals surface area contributed by atoms with Crippen molar-refractivity contribution in [3.8, 4) is 0 Å². The van der Waals surface area contributed by atoms with Gasteiger partial charge in [-0.25, -0.2) is 17.6 Å². The summed E-state index contributed by atoms with van der Waals surface area (Å²) in [5.41, 5.74) is 0. The van der Waals surface area contributed by atoms with Crippen molar-refractivity contribution in [2.75, 3.05) is 12.9 Å². The van der Waals surface area contributed by atoms with Gasteiger partial charge in [0, 0.05) is 12.8 Å². The van der Waals surface area contributed by atoms with Gasteiger partial charge in [-0.3, -0.25) is 0 Å². The zero-order valence-corrected chi connectivity index (χ0v) is 12.6. The van der Waals surface area contributed by atoms with E-state index in [-0.39, 0.29) is 0 Å². The maximum absolute atomic E-state index is 14.3. The first-order valence-electron chi connectivity index (χ1n) is 5.90. The summed E-state index contributed by atoms with van der Waals surface area (Å²) in [6, 6.07) is 0. The number of rotatable bonds is 7. The number of carbonyl (C=O) groups is 1. The van der Waals surface area contributed by atoms with Gasteiger partial charge in [-0.1, -0.05) is 0 Å². The van der Waals surface area contributed by atoms with Gasteiger partial charge in [-0.2, -0.15) is 35.1 Å². The molecule has 0 saturated carbocycles. The van der Waals surface area contributed by atoms with E-state index in [0.717, 1.165) is 0 Å². The Morgan fingerprint density at radius 3 is 1.67 bits per heavy atom. The van der Waals surface area contributed by atoms with E-state index in [1.54, 1.807) is 0 Å². The highest BCUT2D eigenvalue weighted by atomic mass is 32.2. The number of esters is 1. The molecule has 0 aliphatic carbocycles. The van der Waals surface area contributed by atoms with Crippen LogP contribution in [-0.2, 0) is 19.4 Å². The first-order chi connectivity index (χ1) is 10.4. The third kappa shape index (κ3) is 5.41. The van der Waals surface area contributed by atoms with Gasteiger partial charge in [0.05, 0.1) is 19.3 Å². The Hall–Kier alpha value is -1.21. The van der Waals surface area contributed by atoms with Gasteiger partial charge in [0.2, 0.25) is 0 Å². The van der Waals surface area contributed by atoms with Gasteiger partial charge in [-0.15, -0.1) is 0 Å². The summed E-state index contributed by atoms with van der Waals surface area (Å²) < 4.78 is 139. The number of ether oxygens (including phenoxy) is 1. The van der Waals surface area contributed by atoms with Crippen molar-refractivity contribution in [3.05, 3.63) is 0 Å². The van der Waals surface area contributed by atoms with E-state index in [1.807, 2.05) is 0 Å². The van der Waals surface area contributed by atoms with E-state index in [2.05, 4.69) is 4.74 Å². The fourth-order valence-electron chi connectivity index (χ4n) is 1.41. The topological polar surface area (TPSA) is 60.4 Å². The summed E-state index contributed by atoms with van der Waals surface area (Å²) >= 11 is 0. The fourth-order valence-corrected chi connectivity index (χ4v) is 2.98. The third-order valence-corrected chi connectivity index (χ3v) is 4.91. The predicted molar refractivity (Wildman–Crippen MR) is 60.5 cm³/mol. The quantitative estimate of drug-likeness (QED) is 0.488. The number of carbonyl (C=O) groups excluding carboxylic acids is 1. The molecule has 0 aliphatic rings. The maximum atomic E-state index is 14.3. The maximum Gasteiger partial charge on any atom is 0.453 e. The summed E-state index contributed by atoms with van der Waals surface area (Å²) in [5, 5.41) is -4.47. The highest BCUT2D eigenvalue weighted by Crippen LogP contribution is 2.42. The van der Waals surface area contributed by atoms with Crippen molar-refractivity contribution in [2.45, 2.75) is 42.5 Å². The van der Waals surface area contributed by atoms with Gasteiger partial charge >= 0.3 is 29.2 Å². The largest absolute Gasteiger partial charge is 0.466 e. The molecule has 0 rings (SSSR count). The van der Waals surface area contributed by atoms with Crippen molar-refractivity contribution in [1.29, 1.82) is 0 Å². The number of hydrogen-bond donors (Lipinski definition) is 0. The van der Waals surface area contributed by atoms with E-state index in [1.165, 1.54) is 0 Å². The average molecular weight is 398 g/mol. The van der Waals surface area contributed by atoms with E-state index >= 15 is 0 Å². The molecule has 0 aromatic heterocycles. The highest BCUT2D eigenvalue weighted by Gasteiger charge is 2.61. The van der Waals surface area contributed by atoms with Gasteiger partial charge in [0.1, 0.15) is 0 Å². The second-order valence-electron chi connectivity index (χ2n) is 4.61. The van der Waals surface area contributed by atoms with Gasteiger partial charge in [-0.05, 0) is 0 Å². The van der Waals surface area contributed by atoms with E-state index in [4.69, 9.17) is 0 Å². The zero-order chi connectivity index (χ0) is 19.6. The molecular formula is C10H11F9O4S. The van der Waals surface area contributed by atoms with Crippen LogP contribution in [0.5, 0.6) is 0 Å². The Balaban J connectivity index is 5.56. The molecule has 4 nitrogen and oxygen atoms in total. The van der Waals surface area contributed by atoms with Crippen molar-refractivity contribution < 1.29 is 57.5 Å². The van der Waals surface area contributed by atoms with Gasteiger partial charge in [0.25, 0.3) is 0 Å². The van der Waals surface area contributed by atoms with Crippen LogP contribution in [0.2, 0.25) is 0 Å². The van der Waals surface area contributed by atoms with Gasteiger partial charge < -0.3 is 4.74 Å². The molecule has 1 atom stereocenters. The average Bonchev–Trinajstić information content (AvgIpc) is 2.39. The Kier molecular flexibility index (Phi) is 6.61. The van der Waals surface area contributed by atoms with Crippen LogP contribution in [0.3, 0.4) is 0 Å². The first kappa shape index (κ1) is 22.8. The second-order valence-corrected chi connectivity index (χ2v) is 6.89. The first-order valence-corrected chi connectivity index (χ1v) is 7.56. The standard InChI is InChI=1S/C10H11F9O4S/c1-23-6(20)7(11,2-3-8(12,13)10(17,18)19)24(21,22)5-4-9(14,15)16/h2-5H2,1H3. The normalized spacial score (nSPS) is 16.6. The molecule has 14 heteroatoms. The van der Waals surface area contributed by atoms with Crippen LogP contribution in [0.15, 0.2) is 0 Å². The van der Waals surface area contributed by atoms with Crippen LogP contribution in [-0.4, -0.2) is 50.5 Å². The number of halogens is 9. The van der Waals surface area contributed by atoms with Crippen LogP contribution < -0.4 is 0 Å². The molecule has 0 amide bonds. The molecule has 0 bridgehead atoms. The lowest BCUT2D eigenvalue weighted by Gasteiger charge is -2.26. The minimum atomic E-state index is -6.17. The zero-order valence-electron chi connectivity index (χ0n) is 11.8. The molecule has 1 unspecified atom stereocenters. The summed E-state index contributed by atoms with van der Waals surface area (Å²) in [7, 11) is -5.31. The highest BCUT2D eigenvalue weighted by molar-refractivity contribution is 7.93. The summed E-state index contributed by atoms with van der Waals surface area (Å²) in [6.45, 7) is 0. The SMILES string of the molecule is COC(=O)C(F)(CCC(F)(F)C(F)(F)F)S(=O)(=O)CCC(F)(F)F. The summed E-state index contributed by atoms with van der Waals surface area (Å²) in [5.74, 6) is -9.97. The number of alkyl halides is 9. The van der Waals surface area contributed by atoms with Gasteiger partial charge in [0.15, 0.2) is 9.84 Å². The summed E-state index contributed by atoms with van der Waals surface area (Å²) in [4.78, 5) is 11.2. The summed E-state index contributed by atoms with van der Waals surface area (Å²) in [6.07, 6.45) is -18.1. The molecule has 0 aromatic rings. The molecule has 0 spiro atoms. The molecule has 0 heterocycles. The van der Waals surface area contributed by atoms with Crippen molar-refractivity contribution >= 4 is 15.8 Å². The van der Waals surface area contributed by atoms with E-state index < -0.39 is 64.1 Å². The number of sulfone groups is 1. The molecular weight excluding hydrogens is 387 g/mol. The Bertz CT molecular complexity index is 552. The molecule has 0 N–H and O–H groups in total. The van der Waals surface area contributed by atoms with Crippen LogP contribution >= 0.6 is 0 Å². The van der Waals surface area contributed by atoms with Crippen molar-refractivity contribution in [3.63, 3.8) is 0 Å². The molecule has 0 aromatic carbocycles. The lowest BCUT2D eigenvalue weighted by molar-refractivity contribution is -0.285. The van der Waals surface area contributed by atoms with Crippen LogP contribution in [0.4, 0.5) is 39.5 Å². The Morgan fingerprint density at radius 2 is 1.33 bits per heavy atom. The Morgan fingerprint density at radius 1 is 0.875 bits per heavy atom. The predicted octanol–water partition coefficient (Wildman–Crippen LogP) is 3.17. The second kappa shape index (κ2) is 6.96. The monoisotopic (exact) mass is 398 g/mol. The van der Waals surface area contributed by atoms with Crippen LogP contribution in [0.1, 0.15) is 19.3 Å². The van der Waals surface area contributed by atoms with Crippen LogP contribution in [0, 0.1) is 0 Å². The number of methoxy groups -OCH3 is 1. The molecule has 0 radical (unpaired) electrons. The molecule has 144 valence electrons. The van der Waals surface area contributed by atoms with Crippen molar-refractivity contribution in [1.82, 2.24) is 0 Å². The van der Waals surface area contributed by atoms with E-state index in [9.17, 15) is 52.7 Å². The third-order valence-electron chi connectivity index (χ3n) is 2.81. The van der Waals surface area contributed by atoms with E-state index in [0.29, 0.717) is 7.11 Å². The number of hydrogen-bond acceptors (Lipinski definition) is 4. The fraction of sp³-hybridized carbons (Fsp3) is 0.900. The lowest BCUT2D eigenvalue weighted by Crippen LogP contribution is -2.47. The van der Waals surface area contributed by atoms with Crippen molar-refractivity contribution in [2.24, 2.45) is 0 Å². The smallest absolute Gasteiger partial charge is 0.453 e.